The molecule has 11 heavy (non-hydrogen) atoms. The van der Waals surface area contributed by atoms with Crippen LogP contribution in [0.3, 0.4) is 0 Å². The van der Waals surface area contributed by atoms with E-state index in [1.807, 2.05) is 0 Å². The molecule has 0 bridgehead atoms. The number of rotatable bonds is 3. The van der Waals surface area contributed by atoms with Gasteiger partial charge in [-0.1, -0.05) is 25.9 Å². The third kappa shape index (κ3) is 9.03. The average Bonchev–Trinajstić information content (AvgIpc) is 1.85. The van der Waals surface area contributed by atoms with Crippen molar-refractivity contribution < 1.29 is 4.84 Å². The Kier molecular flexibility index (Phi) is 4.36. The van der Waals surface area contributed by atoms with Gasteiger partial charge in [0.15, 0.2) is 0 Å². The van der Waals surface area contributed by atoms with Crippen molar-refractivity contribution >= 4 is 6.21 Å². The number of nitrogens with zero attached hydrogens (tertiary/aromatic N) is 1. The highest BCUT2D eigenvalue weighted by Crippen LogP contribution is 2.08. The third-order valence-electron chi connectivity index (χ3n) is 0.852. The van der Waals surface area contributed by atoms with Gasteiger partial charge in [-0.05, 0) is 0 Å². The molecule has 0 fully saturated rings. The second kappa shape index (κ2) is 4.79. The Balaban J connectivity index is 3.40. The Bertz CT molecular complexity index is 159. The summed E-state index contributed by atoms with van der Waals surface area (Å²) in [6.07, 6.45) is 7.39. The molecule has 0 radical (unpaired) electrons. The van der Waals surface area contributed by atoms with E-state index >= 15 is 0 Å². The minimum absolute atomic E-state index is 0.0795. The van der Waals surface area contributed by atoms with Crippen LogP contribution in [0, 0.1) is 17.8 Å². The van der Waals surface area contributed by atoms with Crippen LogP contribution in [-0.2, 0) is 4.84 Å². The SMILES string of the molecule is C#CCCON=CC(C)(C)C. The Hall–Kier alpha value is -0.970. The molecule has 0 aromatic carbocycles. The minimum Gasteiger partial charge on any atom is -0.395 e. The van der Waals surface area contributed by atoms with Gasteiger partial charge in [-0.3, -0.25) is 0 Å². The van der Waals surface area contributed by atoms with Gasteiger partial charge in [-0.2, -0.15) is 0 Å². The zero-order valence-corrected chi connectivity index (χ0v) is 7.42. The van der Waals surface area contributed by atoms with Crippen molar-refractivity contribution in [2.75, 3.05) is 6.61 Å². The van der Waals surface area contributed by atoms with E-state index in [0.29, 0.717) is 13.0 Å². The van der Waals surface area contributed by atoms with Crippen molar-refractivity contribution in [3.8, 4) is 12.3 Å². The molecule has 0 amide bonds. The van der Waals surface area contributed by atoms with Crippen LogP contribution in [0.2, 0.25) is 0 Å². The van der Waals surface area contributed by atoms with Gasteiger partial charge in [-0.15, -0.1) is 12.3 Å². The maximum Gasteiger partial charge on any atom is 0.128 e. The molecule has 0 rings (SSSR count). The lowest BCUT2D eigenvalue weighted by Crippen LogP contribution is -2.06. The summed E-state index contributed by atoms with van der Waals surface area (Å²) < 4.78 is 0. The summed E-state index contributed by atoms with van der Waals surface area (Å²) in [5, 5.41) is 3.76. The van der Waals surface area contributed by atoms with Crippen LogP contribution >= 0.6 is 0 Å². The van der Waals surface area contributed by atoms with Crippen molar-refractivity contribution in [2.24, 2.45) is 10.6 Å². The summed E-state index contributed by atoms with van der Waals surface area (Å²) in [7, 11) is 0. The lowest BCUT2D eigenvalue weighted by Gasteiger charge is -2.08. The number of hydrogen-bond donors (Lipinski definition) is 0. The average molecular weight is 153 g/mol. The molecule has 0 aliphatic heterocycles. The minimum atomic E-state index is 0.0795. The first kappa shape index (κ1) is 10.0. The Morgan fingerprint density at radius 3 is 2.64 bits per heavy atom. The van der Waals surface area contributed by atoms with Crippen molar-refractivity contribution in [3.63, 3.8) is 0 Å². The predicted molar refractivity (Wildman–Crippen MR) is 47.3 cm³/mol. The van der Waals surface area contributed by atoms with Gasteiger partial charge in [0.05, 0.1) is 0 Å². The van der Waals surface area contributed by atoms with Crippen LogP contribution in [0.4, 0.5) is 0 Å². The first-order chi connectivity index (χ1) is 5.06. The highest BCUT2D eigenvalue weighted by molar-refractivity contribution is 5.63. The Morgan fingerprint density at radius 2 is 2.18 bits per heavy atom. The van der Waals surface area contributed by atoms with E-state index in [0.717, 1.165) is 0 Å². The van der Waals surface area contributed by atoms with Gasteiger partial charge in [-0.25, -0.2) is 0 Å². The second-order valence-corrected chi connectivity index (χ2v) is 3.39. The maximum absolute atomic E-state index is 5.01. The van der Waals surface area contributed by atoms with Gasteiger partial charge in [0.1, 0.15) is 6.61 Å². The van der Waals surface area contributed by atoms with Crippen molar-refractivity contribution in [3.05, 3.63) is 0 Å². The summed E-state index contributed by atoms with van der Waals surface area (Å²) in [4.78, 5) is 4.88. The van der Waals surface area contributed by atoms with Crippen LogP contribution in [0.25, 0.3) is 0 Å². The molecule has 0 aliphatic carbocycles. The molecule has 0 heterocycles. The van der Waals surface area contributed by atoms with Crippen molar-refractivity contribution in [1.29, 1.82) is 0 Å². The van der Waals surface area contributed by atoms with Crippen molar-refractivity contribution in [2.45, 2.75) is 27.2 Å². The summed E-state index contributed by atoms with van der Waals surface area (Å²) in [5.74, 6) is 2.47. The first-order valence-electron chi connectivity index (χ1n) is 3.66. The number of hydrogen-bond acceptors (Lipinski definition) is 2. The molecule has 0 saturated heterocycles. The molecule has 0 N–H and O–H groups in total. The lowest BCUT2D eigenvalue weighted by molar-refractivity contribution is 0.149. The lowest BCUT2D eigenvalue weighted by atomic mass is 10.00. The number of oxime groups is 1. The van der Waals surface area contributed by atoms with Crippen LogP contribution in [-0.4, -0.2) is 12.8 Å². The monoisotopic (exact) mass is 153 g/mol. The van der Waals surface area contributed by atoms with E-state index in [2.05, 4.69) is 31.8 Å². The number of terminal acetylenes is 1. The highest BCUT2D eigenvalue weighted by atomic mass is 16.6. The van der Waals surface area contributed by atoms with E-state index in [4.69, 9.17) is 11.3 Å². The standard InChI is InChI=1S/C9H15NO/c1-5-6-7-11-10-8-9(2,3)4/h1,8H,6-7H2,2-4H3. The molecule has 0 saturated carbocycles. The van der Waals surface area contributed by atoms with E-state index in [9.17, 15) is 0 Å². The van der Waals surface area contributed by atoms with Crippen LogP contribution < -0.4 is 0 Å². The molecule has 0 spiro atoms. The fraction of sp³-hybridized carbons (Fsp3) is 0.667. The zero-order valence-electron chi connectivity index (χ0n) is 7.42. The summed E-state index contributed by atoms with van der Waals surface area (Å²) in [6.45, 7) is 6.67. The maximum atomic E-state index is 5.01. The summed E-state index contributed by atoms with van der Waals surface area (Å²) in [5.41, 5.74) is 0.0795. The summed E-state index contributed by atoms with van der Waals surface area (Å²) >= 11 is 0. The largest absolute Gasteiger partial charge is 0.395 e. The van der Waals surface area contributed by atoms with Gasteiger partial charge in [0.25, 0.3) is 0 Å². The van der Waals surface area contributed by atoms with E-state index < -0.39 is 0 Å². The predicted octanol–water partition coefficient (Wildman–Crippen LogP) is 2.06. The smallest absolute Gasteiger partial charge is 0.128 e. The van der Waals surface area contributed by atoms with Crippen molar-refractivity contribution in [1.82, 2.24) is 0 Å². The first-order valence-corrected chi connectivity index (χ1v) is 3.66. The zero-order chi connectivity index (χ0) is 8.74. The molecular weight excluding hydrogens is 138 g/mol. The molecule has 0 atom stereocenters. The van der Waals surface area contributed by atoms with Gasteiger partial charge in [0.2, 0.25) is 0 Å². The molecule has 62 valence electrons. The van der Waals surface area contributed by atoms with Crippen LogP contribution in [0.15, 0.2) is 5.16 Å². The highest BCUT2D eigenvalue weighted by Gasteiger charge is 2.04. The van der Waals surface area contributed by atoms with Gasteiger partial charge in [0, 0.05) is 18.1 Å². The quantitative estimate of drug-likeness (QED) is 0.263. The fourth-order valence-corrected chi connectivity index (χ4v) is 0.353. The van der Waals surface area contributed by atoms with E-state index in [1.165, 1.54) is 0 Å². The molecule has 0 aliphatic rings. The van der Waals surface area contributed by atoms with Crippen LogP contribution in [0.5, 0.6) is 0 Å². The molecule has 2 heteroatoms. The molecule has 2 nitrogen and oxygen atoms in total. The van der Waals surface area contributed by atoms with Gasteiger partial charge < -0.3 is 4.84 Å². The topological polar surface area (TPSA) is 21.6 Å². The Morgan fingerprint density at radius 1 is 1.55 bits per heavy atom. The van der Waals surface area contributed by atoms with Gasteiger partial charge >= 0.3 is 0 Å². The molecule has 0 aromatic heterocycles. The fourth-order valence-electron chi connectivity index (χ4n) is 0.353. The molecular formula is C9H15NO. The third-order valence-corrected chi connectivity index (χ3v) is 0.852. The van der Waals surface area contributed by atoms with Crippen LogP contribution in [0.1, 0.15) is 27.2 Å². The second-order valence-electron chi connectivity index (χ2n) is 3.39. The van der Waals surface area contributed by atoms with E-state index in [1.54, 1.807) is 6.21 Å². The molecule has 0 aromatic rings. The van der Waals surface area contributed by atoms with E-state index in [-0.39, 0.29) is 5.41 Å². The Labute approximate surface area is 68.6 Å². The normalized spacial score (nSPS) is 11.5. The molecule has 0 unspecified atom stereocenters. The summed E-state index contributed by atoms with van der Waals surface area (Å²) in [6, 6.07) is 0.